The van der Waals surface area contributed by atoms with Crippen LogP contribution in [0.3, 0.4) is 0 Å². The summed E-state index contributed by atoms with van der Waals surface area (Å²) in [7, 11) is 0. The molecule has 1 saturated heterocycles. The van der Waals surface area contributed by atoms with Gasteiger partial charge in [0.1, 0.15) is 0 Å². The van der Waals surface area contributed by atoms with E-state index in [4.69, 9.17) is 4.74 Å². The van der Waals surface area contributed by atoms with E-state index in [0.717, 1.165) is 31.0 Å². The minimum absolute atomic E-state index is 0.382. The molecule has 1 aromatic carbocycles. The molecule has 2 atom stereocenters. The first-order valence-electron chi connectivity index (χ1n) is 6.64. The lowest BCUT2D eigenvalue weighted by molar-refractivity contribution is 0.183. The van der Waals surface area contributed by atoms with Crippen LogP contribution in [0.25, 0.3) is 5.69 Å². The quantitative estimate of drug-likeness (QED) is 0.912. The van der Waals surface area contributed by atoms with Crippen molar-refractivity contribution in [1.29, 1.82) is 0 Å². The Balaban J connectivity index is 1.80. The number of nitrogens with one attached hydrogen (secondary N) is 1. The van der Waals surface area contributed by atoms with Crippen molar-refractivity contribution in [2.24, 2.45) is 5.92 Å². The molecule has 1 aliphatic heterocycles. The van der Waals surface area contributed by atoms with Gasteiger partial charge in [0.15, 0.2) is 0 Å². The molecule has 2 heterocycles. The molecule has 1 aromatic heterocycles. The number of hydrogen-bond donors (Lipinski definition) is 1. The van der Waals surface area contributed by atoms with Crippen molar-refractivity contribution in [2.45, 2.75) is 19.4 Å². The first-order valence-corrected chi connectivity index (χ1v) is 6.64. The lowest BCUT2D eigenvalue weighted by Crippen LogP contribution is -2.26. The van der Waals surface area contributed by atoms with Gasteiger partial charge >= 0.3 is 0 Å². The van der Waals surface area contributed by atoms with Gasteiger partial charge in [-0.25, -0.2) is 4.68 Å². The van der Waals surface area contributed by atoms with Crippen LogP contribution >= 0.6 is 0 Å². The summed E-state index contributed by atoms with van der Waals surface area (Å²) in [6.07, 6.45) is 4.66. The fourth-order valence-electron chi connectivity index (χ4n) is 2.44. The van der Waals surface area contributed by atoms with Gasteiger partial charge in [0.25, 0.3) is 0 Å². The van der Waals surface area contributed by atoms with Crippen molar-refractivity contribution in [3.63, 3.8) is 0 Å². The first kappa shape index (κ1) is 12.2. The summed E-state index contributed by atoms with van der Waals surface area (Å²) in [6.45, 7) is 3.93. The van der Waals surface area contributed by atoms with Crippen LogP contribution in [0.4, 0.5) is 5.69 Å². The number of nitrogens with zero attached hydrogens (tertiary/aromatic N) is 3. The Morgan fingerprint density at radius 2 is 2.32 bits per heavy atom. The predicted octanol–water partition coefficient (Wildman–Crippen LogP) is 2.10. The van der Waals surface area contributed by atoms with Crippen molar-refractivity contribution in [3.8, 4) is 5.69 Å². The molecule has 19 heavy (non-hydrogen) atoms. The van der Waals surface area contributed by atoms with Gasteiger partial charge in [-0.3, -0.25) is 0 Å². The van der Waals surface area contributed by atoms with Gasteiger partial charge in [0.2, 0.25) is 0 Å². The van der Waals surface area contributed by atoms with Crippen LogP contribution in [-0.4, -0.2) is 34.2 Å². The molecule has 5 heteroatoms. The molecule has 1 N–H and O–H groups in total. The number of aromatic nitrogens is 3. The number of hydrogen-bond acceptors (Lipinski definition) is 4. The van der Waals surface area contributed by atoms with Crippen molar-refractivity contribution >= 4 is 5.69 Å². The number of rotatable bonds is 4. The molecule has 5 nitrogen and oxygen atoms in total. The summed E-state index contributed by atoms with van der Waals surface area (Å²) in [5, 5.41) is 11.5. The predicted molar refractivity (Wildman–Crippen MR) is 73.4 cm³/mol. The molecule has 0 saturated carbocycles. The smallest absolute Gasteiger partial charge is 0.0894 e. The molecule has 0 amide bonds. The highest BCUT2D eigenvalue weighted by molar-refractivity contribution is 5.60. The van der Waals surface area contributed by atoms with Crippen molar-refractivity contribution in [3.05, 3.63) is 36.7 Å². The fraction of sp³-hybridized carbons (Fsp3) is 0.429. The fourth-order valence-corrected chi connectivity index (χ4v) is 2.44. The van der Waals surface area contributed by atoms with Gasteiger partial charge in [0.05, 0.1) is 30.4 Å². The summed E-state index contributed by atoms with van der Waals surface area (Å²) >= 11 is 0. The van der Waals surface area contributed by atoms with Gasteiger partial charge in [-0.05, 0) is 25.5 Å². The summed E-state index contributed by atoms with van der Waals surface area (Å²) < 4.78 is 7.23. The third-order valence-corrected chi connectivity index (χ3v) is 3.63. The van der Waals surface area contributed by atoms with E-state index in [0.29, 0.717) is 12.0 Å². The van der Waals surface area contributed by atoms with Crippen molar-refractivity contribution < 1.29 is 4.74 Å². The van der Waals surface area contributed by atoms with Crippen LogP contribution in [0.15, 0.2) is 36.7 Å². The summed E-state index contributed by atoms with van der Waals surface area (Å²) in [4.78, 5) is 0. The van der Waals surface area contributed by atoms with Crippen LogP contribution in [0, 0.1) is 5.92 Å². The van der Waals surface area contributed by atoms with E-state index in [2.05, 4.69) is 28.6 Å². The number of ether oxygens (including phenoxy) is 1. The highest BCUT2D eigenvalue weighted by Crippen LogP contribution is 2.24. The van der Waals surface area contributed by atoms with E-state index in [1.165, 1.54) is 0 Å². The Kier molecular flexibility index (Phi) is 3.46. The van der Waals surface area contributed by atoms with Crippen LogP contribution in [0.5, 0.6) is 0 Å². The molecule has 1 aliphatic rings. The Morgan fingerprint density at radius 1 is 1.42 bits per heavy atom. The number of para-hydroxylation sites is 2. The van der Waals surface area contributed by atoms with E-state index in [9.17, 15) is 0 Å². The van der Waals surface area contributed by atoms with Crippen LogP contribution in [0.2, 0.25) is 0 Å². The third-order valence-electron chi connectivity index (χ3n) is 3.63. The topological polar surface area (TPSA) is 52.0 Å². The van der Waals surface area contributed by atoms with Crippen LogP contribution in [0.1, 0.15) is 13.3 Å². The van der Waals surface area contributed by atoms with Crippen LogP contribution in [-0.2, 0) is 4.74 Å². The maximum absolute atomic E-state index is 5.45. The summed E-state index contributed by atoms with van der Waals surface area (Å²) in [5.74, 6) is 0.573. The number of benzene rings is 1. The highest BCUT2D eigenvalue weighted by Gasteiger charge is 2.22. The first-order chi connectivity index (χ1) is 9.34. The number of anilines is 1. The van der Waals surface area contributed by atoms with Gasteiger partial charge < -0.3 is 10.1 Å². The molecule has 0 bridgehead atoms. The summed E-state index contributed by atoms with van der Waals surface area (Å²) in [5.41, 5.74) is 2.10. The monoisotopic (exact) mass is 258 g/mol. The normalized spacial score (nSPS) is 20.4. The maximum atomic E-state index is 5.45. The Labute approximate surface area is 112 Å². The summed E-state index contributed by atoms with van der Waals surface area (Å²) in [6, 6.07) is 8.52. The lowest BCUT2D eigenvalue weighted by Gasteiger charge is -2.22. The lowest BCUT2D eigenvalue weighted by atomic mass is 10.0. The van der Waals surface area contributed by atoms with Gasteiger partial charge in [-0.1, -0.05) is 17.3 Å². The van der Waals surface area contributed by atoms with E-state index in [1.807, 2.05) is 24.4 Å². The van der Waals surface area contributed by atoms with Crippen molar-refractivity contribution in [2.75, 3.05) is 18.5 Å². The SMILES string of the molecule is CC(Nc1ccccc1-n1ccnn1)C1CCOC1. The van der Waals surface area contributed by atoms with Gasteiger partial charge in [-0.2, -0.15) is 0 Å². The highest BCUT2D eigenvalue weighted by atomic mass is 16.5. The molecular formula is C14H18N4O. The van der Waals surface area contributed by atoms with Crippen molar-refractivity contribution in [1.82, 2.24) is 15.0 Å². The van der Waals surface area contributed by atoms with Gasteiger partial charge in [0, 0.05) is 18.6 Å². The zero-order valence-electron chi connectivity index (χ0n) is 11.0. The van der Waals surface area contributed by atoms with Crippen LogP contribution < -0.4 is 5.32 Å². The second-order valence-corrected chi connectivity index (χ2v) is 4.92. The Bertz CT molecular complexity index is 520. The molecule has 2 aromatic rings. The average Bonchev–Trinajstić information content (AvgIpc) is 3.13. The standard InChI is InChI=1S/C14H18N4O/c1-11(12-6-9-19-10-12)16-13-4-2-3-5-14(13)18-8-7-15-17-18/h2-5,7-8,11-12,16H,6,9-10H2,1H3. The molecule has 0 aliphatic carbocycles. The minimum Gasteiger partial charge on any atom is -0.381 e. The van der Waals surface area contributed by atoms with E-state index < -0.39 is 0 Å². The molecule has 2 unspecified atom stereocenters. The molecule has 0 radical (unpaired) electrons. The molecule has 100 valence electrons. The van der Waals surface area contributed by atoms with E-state index in [1.54, 1.807) is 10.9 Å². The maximum Gasteiger partial charge on any atom is 0.0894 e. The average molecular weight is 258 g/mol. The Hall–Kier alpha value is -1.88. The zero-order chi connectivity index (χ0) is 13.1. The molecule has 0 spiro atoms. The molecule has 1 fully saturated rings. The second kappa shape index (κ2) is 5.40. The third kappa shape index (κ3) is 2.61. The minimum atomic E-state index is 0.382. The largest absolute Gasteiger partial charge is 0.381 e. The molecule has 3 rings (SSSR count). The Morgan fingerprint density at radius 3 is 3.05 bits per heavy atom. The van der Waals surface area contributed by atoms with E-state index >= 15 is 0 Å². The second-order valence-electron chi connectivity index (χ2n) is 4.92. The zero-order valence-corrected chi connectivity index (χ0v) is 11.0. The van der Waals surface area contributed by atoms with E-state index in [-0.39, 0.29) is 0 Å². The molecular weight excluding hydrogens is 240 g/mol. The van der Waals surface area contributed by atoms with Gasteiger partial charge in [-0.15, -0.1) is 5.10 Å².